The number of ether oxygens (including phenoxy) is 2. The molecule has 0 spiro atoms. The van der Waals surface area contributed by atoms with Gasteiger partial charge in [-0.1, -0.05) is 331 Å². The van der Waals surface area contributed by atoms with Crippen LogP contribution in [0.3, 0.4) is 0 Å². The summed E-state index contributed by atoms with van der Waals surface area (Å²) in [6, 6.07) is 0. The molecular formula is C73H136NO8P. The van der Waals surface area contributed by atoms with Gasteiger partial charge >= 0.3 is 19.8 Å². The van der Waals surface area contributed by atoms with Gasteiger partial charge in [0.15, 0.2) is 6.10 Å². The van der Waals surface area contributed by atoms with Crippen LogP contribution in [0.15, 0.2) is 60.8 Å². The third-order valence-electron chi connectivity index (χ3n) is 15.9. The predicted octanol–water partition coefficient (Wildman–Crippen LogP) is 23.4. The zero-order valence-corrected chi connectivity index (χ0v) is 55.6. The highest BCUT2D eigenvalue weighted by molar-refractivity contribution is 7.47. The molecular weight excluding hydrogens is 1050 g/mol. The Morgan fingerprint density at radius 3 is 1.00 bits per heavy atom. The average molecular weight is 1190 g/mol. The van der Waals surface area contributed by atoms with E-state index in [0.717, 1.165) is 57.8 Å². The number of carbonyl (C=O) groups is 2. The summed E-state index contributed by atoms with van der Waals surface area (Å²) in [7, 11) is -4.39. The molecule has 0 aromatic rings. The first-order valence-electron chi connectivity index (χ1n) is 35.8. The Morgan fingerprint density at radius 2 is 0.663 bits per heavy atom. The van der Waals surface area contributed by atoms with Crippen LogP contribution in [0, 0.1) is 0 Å². The molecule has 0 heterocycles. The van der Waals surface area contributed by atoms with E-state index in [1.807, 2.05) is 0 Å². The fraction of sp³-hybridized carbons (Fsp3) is 0.836. The number of rotatable bonds is 68. The molecule has 0 bridgehead atoms. The molecule has 0 aromatic carbocycles. The second kappa shape index (κ2) is 68.8. The number of esters is 2. The molecule has 3 N–H and O–H groups in total. The number of hydrogen-bond donors (Lipinski definition) is 2. The van der Waals surface area contributed by atoms with E-state index < -0.39 is 26.5 Å². The van der Waals surface area contributed by atoms with Crippen molar-refractivity contribution in [2.45, 2.75) is 367 Å². The minimum atomic E-state index is -4.39. The number of nitrogens with two attached hydrogens (primary N) is 1. The third-order valence-corrected chi connectivity index (χ3v) is 16.9. The Labute approximate surface area is 514 Å². The highest BCUT2D eigenvalue weighted by Crippen LogP contribution is 2.43. The van der Waals surface area contributed by atoms with Crippen LogP contribution in [0.1, 0.15) is 361 Å². The first-order valence-corrected chi connectivity index (χ1v) is 37.3. The smallest absolute Gasteiger partial charge is 0.462 e. The van der Waals surface area contributed by atoms with Gasteiger partial charge in [-0.05, 0) is 77.0 Å². The molecule has 0 saturated heterocycles. The third kappa shape index (κ3) is 68.7. The zero-order chi connectivity index (χ0) is 60.1. The SMILES string of the molecule is CC/C=C\C/C=C\C/C=C\C/C=C\CCCCCCCCCCCCCCCCCCCCCCCCCCCCCCC(=O)OC(COC(=O)CCCCCCCCCCC/C=C\CCCCCCCCCC)COP(=O)(O)OCCN. The summed E-state index contributed by atoms with van der Waals surface area (Å²) in [6.07, 6.45) is 89.1. The summed E-state index contributed by atoms with van der Waals surface area (Å²) >= 11 is 0. The molecule has 10 heteroatoms. The normalized spacial score (nSPS) is 13.3. The van der Waals surface area contributed by atoms with Gasteiger partial charge in [-0.25, -0.2) is 4.57 Å². The summed E-state index contributed by atoms with van der Waals surface area (Å²) in [5, 5.41) is 0. The Bertz CT molecular complexity index is 1540. The van der Waals surface area contributed by atoms with Gasteiger partial charge in [0.1, 0.15) is 6.61 Å². The Balaban J connectivity index is 3.75. The zero-order valence-electron chi connectivity index (χ0n) is 54.7. The van der Waals surface area contributed by atoms with Crippen molar-refractivity contribution in [1.29, 1.82) is 0 Å². The van der Waals surface area contributed by atoms with E-state index in [-0.39, 0.29) is 38.6 Å². The number of carbonyl (C=O) groups excluding carboxylic acids is 2. The molecule has 0 aliphatic rings. The number of unbranched alkanes of at least 4 members (excludes halogenated alkanes) is 45. The van der Waals surface area contributed by atoms with Crippen LogP contribution in [-0.2, 0) is 32.7 Å². The first-order chi connectivity index (χ1) is 40.8. The van der Waals surface area contributed by atoms with E-state index in [0.29, 0.717) is 6.42 Å². The molecule has 83 heavy (non-hydrogen) atoms. The van der Waals surface area contributed by atoms with Crippen molar-refractivity contribution < 1.29 is 37.6 Å². The van der Waals surface area contributed by atoms with Gasteiger partial charge in [0.25, 0.3) is 0 Å². The van der Waals surface area contributed by atoms with Crippen molar-refractivity contribution in [1.82, 2.24) is 0 Å². The quantitative estimate of drug-likeness (QED) is 0.0264. The highest BCUT2D eigenvalue weighted by Gasteiger charge is 2.26. The van der Waals surface area contributed by atoms with Gasteiger partial charge in [0.2, 0.25) is 0 Å². The molecule has 2 atom stereocenters. The summed E-state index contributed by atoms with van der Waals surface area (Å²) < 4.78 is 33.2. The van der Waals surface area contributed by atoms with Crippen LogP contribution < -0.4 is 5.73 Å². The number of allylic oxidation sites excluding steroid dienone is 10. The summed E-state index contributed by atoms with van der Waals surface area (Å²) in [4.78, 5) is 35.3. The highest BCUT2D eigenvalue weighted by atomic mass is 31.2. The standard InChI is InChI=1S/C73H136NO8P/c1-3-5-7-9-11-13-15-17-19-21-23-25-26-27-28-29-30-31-32-33-34-35-36-37-38-39-40-41-42-43-44-46-48-50-52-54-56-58-60-62-64-66-73(76)82-71(70-81-83(77,78)80-68-67-74)69-79-72(75)65-63-61-59-57-55-53-51-49-47-45-24-22-20-18-16-14-12-10-8-6-4-2/h5,7,11,13,17,19,22-25,71H,3-4,6,8-10,12,14-16,18,20-21,26-70,74H2,1-2H3,(H,77,78)/b7-5-,13-11-,19-17-,24-22-,25-23-. The van der Waals surface area contributed by atoms with E-state index in [4.69, 9.17) is 24.3 Å². The van der Waals surface area contributed by atoms with Crippen LogP contribution in [0.5, 0.6) is 0 Å². The summed E-state index contributed by atoms with van der Waals surface area (Å²) in [5.41, 5.74) is 5.40. The monoisotopic (exact) mass is 1190 g/mol. The van der Waals surface area contributed by atoms with Gasteiger partial charge in [0.05, 0.1) is 13.2 Å². The molecule has 0 saturated carbocycles. The Kier molecular flexibility index (Phi) is 66.9. The topological polar surface area (TPSA) is 134 Å². The van der Waals surface area contributed by atoms with Crippen molar-refractivity contribution in [2.24, 2.45) is 5.73 Å². The maximum atomic E-state index is 12.8. The molecule has 2 unspecified atom stereocenters. The van der Waals surface area contributed by atoms with Crippen LogP contribution in [-0.4, -0.2) is 49.3 Å². The Hall–Kier alpha value is -2.29. The van der Waals surface area contributed by atoms with Crippen LogP contribution in [0.25, 0.3) is 0 Å². The number of phosphoric acid groups is 1. The maximum absolute atomic E-state index is 12.8. The fourth-order valence-electron chi connectivity index (χ4n) is 10.6. The van der Waals surface area contributed by atoms with Crippen molar-refractivity contribution in [3.05, 3.63) is 60.8 Å². The van der Waals surface area contributed by atoms with Crippen LogP contribution in [0.2, 0.25) is 0 Å². The molecule has 0 rings (SSSR count). The van der Waals surface area contributed by atoms with E-state index in [9.17, 15) is 19.0 Å². The van der Waals surface area contributed by atoms with E-state index in [1.165, 1.54) is 270 Å². The van der Waals surface area contributed by atoms with Crippen molar-refractivity contribution in [3.63, 3.8) is 0 Å². The molecule has 0 aromatic heterocycles. The first kappa shape index (κ1) is 80.7. The molecule has 0 fully saturated rings. The van der Waals surface area contributed by atoms with Gasteiger partial charge in [-0.15, -0.1) is 0 Å². The molecule has 0 aliphatic heterocycles. The van der Waals surface area contributed by atoms with Crippen molar-refractivity contribution in [2.75, 3.05) is 26.4 Å². The Morgan fingerprint density at radius 1 is 0.373 bits per heavy atom. The second-order valence-electron chi connectivity index (χ2n) is 24.1. The fourth-order valence-corrected chi connectivity index (χ4v) is 11.4. The van der Waals surface area contributed by atoms with Crippen LogP contribution in [0.4, 0.5) is 0 Å². The lowest BCUT2D eigenvalue weighted by molar-refractivity contribution is -0.161. The van der Waals surface area contributed by atoms with Crippen molar-refractivity contribution in [3.8, 4) is 0 Å². The predicted molar refractivity (Wildman–Crippen MR) is 358 cm³/mol. The van der Waals surface area contributed by atoms with Gasteiger partial charge in [0, 0.05) is 19.4 Å². The molecule has 0 amide bonds. The molecule has 9 nitrogen and oxygen atoms in total. The maximum Gasteiger partial charge on any atom is 0.472 e. The number of phosphoric ester groups is 1. The van der Waals surface area contributed by atoms with Crippen molar-refractivity contribution >= 4 is 19.8 Å². The molecule has 486 valence electrons. The average Bonchev–Trinajstić information content (AvgIpc) is 3.49. The second-order valence-corrected chi connectivity index (χ2v) is 25.5. The van der Waals surface area contributed by atoms with Gasteiger partial charge in [-0.2, -0.15) is 0 Å². The van der Waals surface area contributed by atoms with E-state index in [1.54, 1.807) is 0 Å². The summed E-state index contributed by atoms with van der Waals surface area (Å²) in [6.45, 7) is 3.69. The number of hydrogen-bond acceptors (Lipinski definition) is 8. The summed E-state index contributed by atoms with van der Waals surface area (Å²) in [5.74, 6) is -0.811. The van der Waals surface area contributed by atoms with Gasteiger partial charge < -0.3 is 20.1 Å². The van der Waals surface area contributed by atoms with E-state index >= 15 is 0 Å². The largest absolute Gasteiger partial charge is 0.472 e. The lowest BCUT2D eigenvalue weighted by Gasteiger charge is -2.19. The van der Waals surface area contributed by atoms with Gasteiger partial charge in [-0.3, -0.25) is 18.6 Å². The lowest BCUT2D eigenvalue weighted by Crippen LogP contribution is -2.29. The minimum Gasteiger partial charge on any atom is -0.462 e. The molecule has 0 aliphatic carbocycles. The minimum absolute atomic E-state index is 0.0548. The molecule has 0 radical (unpaired) electrons. The van der Waals surface area contributed by atoms with Crippen LogP contribution >= 0.6 is 7.82 Å². The lowest BCUT2D eigenvalue weighted by atomic mass is 10.0. The van der Waals surface area contributed by atoms with E-state index in [2.05, 4.69) is 74.6 Å².